The molecule has 0 aliphatic heterocycles. The van der Waals surface area contributed by atoms with Gasteiger partial charge in [0.25, 0.3) is 0 Å². The number of ether oxygens (including phenoxy) is 2. The lowest BCUT2D eigenvalue weighted by atomic mass is 10.1. The summed E-state index contributed by atoms with van der Waals surface area (Å²) < 4.78 is 63.2. The lowest BCUT2D eigenvalue weighted by Crippen LogP contribution is -2.08. The first-order valence-electron chi connectivity index (χ1n) is 11.0. The Labute approximate surface area is 224 Å². The van der Waals surface area contributed by atoms with E-state index in [0.29, 0.717) is 24.2 Å². The number of carbonyl (C=O) groups is 2. The molecule has 0 saturated carbocycles. The van der Waals surface area contributed by atoms with Gasteiger partial charge in [-0.2, -0.15) is 16.8 Å². The molecule has 37 heavy (non-hydrogen) atoms. The van der Waals surface area contributed by atoms with Crippen LogP contribution in [0.1, 0.15) is 49.9 Å². The quantitative estimate of drug-likeness (QED) is 0.210. The fourth-order valence-corrected chi connectivity index (χ4v) is 3.61. The topological polar surface area (TPSA) is 139 Å². The summed E-state index contributed by atoms with van der Waals surface area (Å²) in [5.41, 5.74) is 0.413. The van der Waals surface area contributed by atoms with E-state index < -0.39 is 20.2 Å². The Balaban J connectivity index is 0.000000594. The SMILES string of the molecule is CCCC(=O)Cl.CCCC(=O)c1ccc(OC)c(OS(C)(=O)=O)c1.COc1ccccc1OS(C)(=O)=O. The predicted molar refractivity (Wildman–Crippen MR) is 142 cm³/mol. The lowest BCUT2D eigenvalue weighted by molar-refractivity contribution is -0.111. The zero-order valence-corrected chi connectivity index (χ0v) is 24.0. The molecule has 0 saturated heterocycles. The maximum Gasteiger partial charge on any atom is 0.306 e. The monoisotopic (exact) mass is 580 g/mol. The fourth-order valence-electron chi connectivity index (χ4n) is 2.50. The molecule has 2 aromatic rings. The van der Waals surface area contributed by atoms with Crippen molar-refractivity contribution in [2.75, 3.05) is 26.7 Å². The van der Waals surface area contributed by atoms with Gasteiger partial charge in [-0.25, -0.2) is 0 Å². The number of Topliss-reactive ketones (excluding diaryl/α,β-unsaturated/α-hetero) is 1. The highest BCUT2D eigenvalue weighted by Crippen LogP contribution is 2.30. The van der Waals surface area contributed by atoms with Crippen LogP contribution in [0.25, 0.3) is 0 Å². The molecule has 0 bridgehead atoms. The standard InChI is InChI=1S/C12H16O5S.C8H10O4S.C4H7ClO/c1-4-5-10(13)9-6-7-11(16-2)12(8-9)17-18(3,14)15;1-11-7-5-3-4-6-8(7)12-13(2,9)10;1-2-3-4(5)6/h6-8H,4-5H2,1-3H3;3-6H,1-2H3;2-3H2,1H3. The summed E-state index contributed by atoms with van der Waals surface area (Å²) in [6, 6.07) is 11.0. The molecule has 2 rings (SSSR count). The van der Waals surface area contributed by atoms with Crippen LogP contribution in [0.5, 0.6) is 23.0 Å². The van der Waals surface area contributed by atoms with Crippen molar-refractivity contribution >= 4 is 42.9 Å². The fraction of sp³-hybridized carbons (Fsp3) is 0.417. The van der Waals surface area contributed by atoms with Crippen molar-refractivity contribution in [2.24, 2.45) is 0 Å². The number of para-hydroxylation sites is 2. The maximum atomic E-state index is 11.7. The van der Waals surface area contributed by atoms with Crippen molar-refractivity contribution in [3.8, 4) is 23.0 Å². The minimum Gasteiger partial charge on any atom is -0.493 e. The van der Waals surface area contributed by atoms with Gasteiger partial charge in [-0.1, -0.05) is 26.0 Å². The molecule has 0 unspecified atom stereocenters. The van der Waals surface area contributed by atoms with Crippen LogP contribution in [-0.4, -0.2) is 54.6 Å². The van der Waals surface area contributed by atoms with Crippen LogP contribution < -0.4 is 17.8 Å². The molecular weight excluding hydrogens is 548 g/mol. The smallest absolute Gasteiger partial charge is 0.306 e. The first-order chi connectivity index (χ1) is 17.2. The van der Waals surface area contributed by atoms with Crippen molar-refractivity contribution in [3.05, 3.63) is 48.0 Å². The molecule has 0 spiro atoms. The Bertz CT molecular complexity index is 1230. The molecule has 0 fully saturated rings. The summed E-state index contributed by atoms with van der Waals surface area (Å²) >= 11 is 4.94. The molecule has 0 N–H and O–H groups in total. The van der Waals surface area contributed by atoms with Crippen LogP contribution in [0, 0.1) is 0 Å². The predicted octanol–water partition coefficient (Wildman–Crippen LogP) is 4.60. The second-order valence-electron chi connectivity index (χ2n) is 7.37. The summed E-state index contributed by atoms with van der Waals surface area (Å²) in [6.07, 6.45) is 4.41. The molecule has 0 amide bonds. The van der Waals surface area contributed by atoms with Gasteiger partial charge >= 0.3 is 20.2 Å². The number of carbonyl (C=O) groups excluding carboxylic acids is 2. The van der Waals surface area contributed by atoms with E-state index in [2.05, 4.69) is 4.18 Å². The Morgan fingerprint density at radius 3 is 1.59 bits per heavy atom. The molecule has 0 radical (unpaired) electrons. The van der Waals surface area contributed by atoms with Crippen LogP contribution in [0.2, 0.25) is 0 Å². The van der Waals surface area contributed by atoms with Gasteiger partial charge in [-0.05, 0) is 54.8 Å². The third-order valence-corrected chi connectivity index (χ3v) is 5.11. The number of methoxy groups -OCH3 is 2. The molecule has 13 heteroatoms. The molecule has 0 aromatic heterocycles. The van der Waals surface area contributed by atoms with Crippen LogP contribution in [0.15, 0.2) is 42.5 Å². The summed E-state index contributed by atoms with van der Waals surface area (Å²) in [5, 5.41) is -0.238. The van der Waals surface area contributed by atoms with E-state index in [9.17, 15) is 26.4 Å². The summed E-state index contributed by atoms with van der Waals surface area (Å²) in [5.74, 6) is 0.842. The molecule has 10 nitrogen and oxygen atoms in total. The number of hydrogen-bond acceptors (Lipinski definition) is 10. The molecule has 0 atom stereocenters. The van der Waals surface area contributed by atoms with Crippen molar-refractivity contribution < 1.29 is 44.3 Å². The Morgan fingerprint density at radius 2 is 1.19 bits per heavy atom. The van der Waals surface area contributed by atoms with Crippen LogP contribution in [-0.2, 0) is 25.0 Å². The number of rotatable bonds is 11. The highest BCUT2D eigenvalue weighted by atomic mass is 35.5. The molecule has 208 valence electrons. The molecular formula is C24H33ClO10S2. The second-order valence-corrected chi connectivity index (χ2v) is 10.9. The Hall–Kier alpha value is -2.83. The van der Waals surface area contributed by atoms with Gasteiger partial charge in [-0.3, -0.25) is 9.59 Å². The second kappa shape index (κ2) is 16.8. The number of ketones is 1. The number of halogens is 1. The van der Waals surface area contributed by atoms with E-state index in [-0.39, 0.29) is 28.3 Å². The maximum absolute atomic E-state index is 11.7. The molecule has 0 aliphatic rings. The third-order valence-electron chi connectivity index (χ3n) is 3.96. The van der Waals surface area contributed by atoms with Crippen LogP contribution >= 0.6 is 11.6 Å². The number of benzene rings is 2. The summed E-state index contributed by atoms with van der Waals surface area (Å²) in [4.78, 5) is 21.5. The van der Waals surface area contributed by atoms with E-state index in [1.165, 1.54) is 32.4 Å². The molecule has 0 aliphatic carbocycles. The average Bonchev–Trinajstić information content (AvgIpc) is 2.78. The van der Waals surface area contributed by atoms with Crippen molar-refractivity contribution in [2.45, 2.75) is 39.5 Å². The average molecular weight is 581 g/mol. The van der Waals surface area contributed by atoms with Gasteiger partial charge in [0.15, 0.2) is 28.8 Å². The largest absolute Gasteiger partial charge is 0.493 e. The van der Waals surface area contributed by atoms with Crippen molar-refractivity contribution in [3.63, 3.8) is 0 Å². The third kappa shape index (κ3) is 15.8. The Kier molecular flexibility index (Phi) is 15.5. The highest BCUT2D eigenvalue weighted by Gasteiger charge is 2.14. The normalized spacial score (nSPS) is 10.6. The van der Waals surface area contributed by atoms with Gasteiger partial charge in [0, 0.05) is 18.4 Å². The van der Waals surface area contributed by atoms with Crippen molar-refractivity contribution in [1.82, 2.24) is 0 Å². The highest BCUT2D eigenvalue weighted by molar-refractivity contribution is 7.86. The zero-order chi connectivity index (χ0) is 28.6. The first-order valence-corrected chi connectivity index (χ1v) is 15.0. The molecule has 2 aromatic carbocycles. The number of hydrogen-bond donors (Lipinski definition) is 0. The first kappa shape index (κ1) is 34.2. The van der Waals surface area contributed by atoms with E-state index in [4.69, 9.17) is 25.3 Å². The van der Waals surface area contributed by atoms with Crippen LogP contribution in [0.4, 0.5) is 0 Å². The minimum atomic E-state index is -3.66. The van der Waals surface area contributed by atoms with Gasteiger partial charge in [-0.15, -0.1) is 0 Å². The van der Waals surface area contributed by atoms with Gasteiger partial charge in [0.05, 0.1) is 26.7 Å². The summed E-state index contributed by atoms with van der Waals surface area (Å²) in [6.45, 7) is 3.82. The van der Waals surface area contributed by atoms with E-state index in [1.54, 1.807) is 24.3 Å². The van der Waals surface area contributed by atoms with E-state index in [0.717, 1.165) is 25.4 Å². The summed E-state index contributed by atoms with van der Waals surface area (Å²) in [7, 11) is -4.30. The van der Waals surface area contributed by atoms with E-state index in [1.807, 2.05) is 13.8 Å². The lowest BCUT2D eigenvalue weighted by Gasteiger charge is -2.10. The van der Waals surface area contributed by atoms with Crippen molar-refractivity contribution in [1.29, 1.82) is 0 Å². The minimum absolute atomic E-state index is 0.0296. The zero-order valence-electron chi connectivity index (χ0n) is 21.6. The van der Waals surface area contributed by atoms with Gasteiger partial charge in [0.1, 0.15) is 0 Å². The van der Waals surface area contributed by atoms with Gasteiger partial charge in [0.2, 0.25) is 5.24 Å². The Morgan fingerprint density at radius 1 is 0.730 bits per heavy atom. The van der Waals surface area contributed by atoms with Crippen LogP contribution in [0.3, 0.4) is 0 Å². The molecule has 0 heterocycles. The van der Waals surface area contributed by atoms with Gasteiger partial charge < -0.3 is 17.8 Å². The van der Waals surface area contributed by atoms with E-state index >= 15 is 0 Å².